The van der Waals surface area contributed by atoms with Crippen LogP contribution in [0.1, 0.15) is 39.7 Å². The van der Waals surface area contributed by atoms with Gasteiger partial charge in [-0.3, -0.25) is 0 Å². The molecule has 0 unspecified atom stereocenters. The fourth-order valence-electron chi connectivity index (χ4n) is 1.12. The summed E-state index contributed by atoms with van der Waals surface area (Å²) in [5.74, 6) is 1.79. The fourth-order valence-corrected chi connectivity index (χ4v) is 1.12. The van der Waals surface area contributed by atoms with Gasteiger partial charge in [-0.05, 0) is 30.0 Å². The maximum Gasteiger partial charge on any atom is 0.119 e. The maximum atomic E-state index is 5.10. The van der Waals surface area contributed by atoms with Crippen LogP contribution in [0, 0.1) is 5.92 Å². The van der Waals surface area contributed by atoms with Crippen molar-refractivity contribution < 1.29 is 4.74 Å². The second-order valence-electron chi connectivity index (χ2n) is 4.33. The summed E-state index contributed by atoms with van der Waals surface area (Å²) in [6.07, 6.45) is 2.32. The predicted molar refractivity (Wildman–Crippen MR) is 67.5 cm³/mol. The minimum Gasteiger partial charge on any atom is -0.497 e. The van der Waals surface area contributed by atoms with Gasteiger partial charge >= 0.3 is 0 Å². The van der Waals surface area contributed by atoms with Gasteiger partial charge in [-0.15, -0.1) is 0 Å². The Morgan fingerprint density at radius 2 is 1.80 bits per heavy atom. The van der Waals surface area contributed by atoms with Gasteiger partial charge in [0.05, 0.1) is 7.11 Å². The number of rotatable bonds is 3. The summed E-state index contributed by atoms with van der Waals surface area (Å²) in [7, 11) is 1.70. The van der Waals surface area contributed by atoms with Crippen molar-refractivity contribution in [2.75, 3.05) is 7.11 Å². The highest BCUT2D eigenvalue weighted by Crippen LogP contribution is 2.13. The Labute approximate surface area is 94.5 Å². The lowest BCUT2D eigenvalue weighted by atomic mass is 10.1. The topological polar surface area (TPSA) is 9.23 Å². The minimum absolute atomic E-state index is 0.833. The van der Waals surface area contributed by atoms with Gasteiger partial charge in [0.2, 0.25) is 0 Å². The van der Waals surface area contributed by atoms with Crippen molar-refractivity contribution in [3.05, 3.63) is 29.8 Å². The molecule has 0 radical (unpaired) electrons. The van der Waals surface area contributed by atoms with Gasteiger partial charge < -0.3 is 4.74 Å². The van der Waals surface area contributed by atoms with Crippen molar-refractivity contribution in [2.24, 2.45) is 5.92 Å². The molecule has 86 valence electrons. The molecular weight excluding hydrogens is 184 g/mol. The molecule has 1 aromatic carbocycles. The van der Waals surface area contributed by atoms with E-state index < -0.39 is 0 Å². The Morgan fingerprint density at radius 3 is 2.27 bits per heavy atom. The van der Waals surface area contributed by atoms with Gasteiger partial charge in [-0.25, -0.2) is 0 Å². The third kappa shape index (κ3) is 8.04. The molecule has 0 saturated carbocycles. The normalized spacial score (nSPS) is 9.47. The van der Waals surface area contributed by atoms with Crippen LogP contribution in [-0.2, 0) is 6.42 Å². The number of hydrogen-bond donors (Lipinski definition) is 0. The molecule has 1 nitrogen and oxygen atoms in total. The SMILES string of the molecule is CC(C)C.CCCc1cccc(OC)c1. The van der Waals surface area contributed by atoms with E-state index in [1.54, 1.807) is 7.11 Å². The summed E-state index contributed by atoms with van der Waals surface area (Å²) >= 11 is 0. The van der Waals surface area contributed by atoms with Gasteiger partial charge in [0, 0.05) is 0 Å². The van der Waals surface area contributed by atoms with E-state index in [1.807, 2.05) is 12.1 Å². The highest BCUT2D eigenvalue weighted by molar-refractivity contribution is 5.28. The van der Waals surface area contributed by atoms with Gasteiger partial charge in [-0.2, -0.15) is 0 Å². The molecule has 0 N–H and O–H groups in total. The van der Waals surface area contributed by atoms with E-state index >= 15 is 0 Å². The average Bonchev–Trinajstić information content (AvgIpc) is 2.18. The fraction of sp³-hybridized carbons (Fsp3) is 0.571. The molecule has 0 saturated heterocycles. The van der Waals surface area contributed by atoms with Crippen molar-refractivity contribution in [1.29, 1.82) is 0 Å². The van der Waals surface area contributed by atoms with Crippen LogP contribution < -0.4 is 4.74 Å². The molecule has 0 aliphatic carbocycles. The smallest absolute Gasteiger partial charge is 0.119 e. The van der Waals surface area contributed by atoms with E-state index in [4.69, 9.17) is 4.74 Å². The Hall–Kier alpha value is -0.980. The van der Waals surface area contributed by atoms with E-state index in [9.17, 15) is 0 Å². The summed E-state index contributed by atoms with van der Waals surface area (Å²) < 4.78 is 5.10. The Bertz CT molecular complexity index is 251. The molecule has 1 aromatic rings. The molecule has 15 heavy (non-hydrogen) atoms. The van der Waals surface area contributed by atoms with Crippen molar-refractivity contribution in [1.82, 2.24) is 0 Å². The number of methoxy groups -OCH3 is 1. The van der Waals surface area contributed by atoms with Crippen LogP contribution in [0.2, 0.25) is 0 Å². The van der Waals surface area contributed by atoms with Gasteiger partial charge in [0.15, 0.2) is 0 Å². The van der Waals surface area contributed by atoms with Crippen molar-refractivity contribution in [3.8, 4) is 5.75 Å². The highest BCUT2D eigenvalue weighted by atomic mass is 16.5. The van der Waals surface area contributed by atoms with Crippen LogP contribution in [0.25, 0.3) is 0 Å². The zero-order valence-electron chi connectivity index (χ0n) is 10.7. The molecule has 0 heterocycles. The van der Waals surface area contributed by atoms with E-state index in [0.717, 1.165) is 18.1 Å². The molecule has 0 fully saturated rings. The molecule has 1 rings (SSSR count). The van der Waals surface area contributed by atoms with E-state index in [2.05, 4.69) is 39.8 Å². The molecule has 0 aliphatic heterocycles. The van der Waals surface area contributed by atoms with Gasteiger partial charge in [0.25, 0.3) is 0 Å². The summed E-state index contributed by atoms with van der Waals surface area (Å²) in [5.41, 5.74) is 1.35. The first kappa shape index (κ1) is 14.0. The second-order valence-corrected chi connectivity index (χ2v) is 4.33. The number of benzene rings is 1. The third-order valence-corrected chi connectivity index (χ3v) is 1.67. The lowest BCUT2D eigenvalue weighted by Gasteiger charge is -2.01. The first-order valence-corrected chi connectivity index (χ1v) is 5.73. The molecule has 0 atom stereocenters. The van der Waals surface area contributed by atoms with Crippen LogP contribution in [0.4, 0.5) is 0 Å². The van der Waals surface area contributed by atoms with E-state index in [1.165, 1.54) is 12.0 Å². The maximum absolute atomic E-state index is 5.10. The lowest BCUT2D eigenvalue weighted by molar-refractivity contribution is 0.414. The lowest BCUT2D eigenvalue weighted by Crippen LogP contribution is -1.86. The molecule has 0 aliphatic rings. The minimum atomic E-state index is 0.833. The summed E-state index contributed by atoms with van der Waals surface area (Å²) in [6.45, 7) is 8.68. The Balaban J connectivity index is 0.000000423. The van der Waals surface area contributed by atoms with Crippen molar-refractivity contribution in [2.45, 2.75) is 40.5 Å². The van der Waals surface area contributed by atoms with Crippen LogP contribution in [0.3, 0.4) is 0 Å². The predicted octanol–water partition coefficient (Wildman–Crippen LogP) is 4.31. The average molecular weight is 208 g/mol. The zero-order chi connectivity index (χ0) is 11.7. The van der Waals surface area contributed by atoms with Crippen molar-refractivity contribution in [3.63, 3.8) is 0 Å². The van der Waals surface area contributed by atoms with Crippen LogP contribution in [0.15, 0.2) is 24.3 Å². The van der Waals surface area contributed by atoms with E-state index in [0.29, 0.717) is 0 Å². The van der Waals surface area contributed by atoms with E-state index in [-0.39, 0.29) is 0 Å². The quantitative estimate of drug-likeness (QED) is 0.719. The van der Waals surface area contributed by atoms with Gasteiger partial charge in [-0.1, -0.05) is 46.2 Å². The molecule has 0 aromatic heterocycles. The second kappa shape index (κ2) is 8.34. The van der Waals surface area contributed by atoms with Gasteiger partial charge in [0.1, 0.15) is 5.75 Å². The number of aryl methyl sites for hydroxylation is 1. The van der Waals surface area contributed by atoms with Crippen molar-refractivity contribution >= 4 is 0 Å². The Kier molecular flexibility index (Phi) is 7.79. The van der Waals surface area contributed by atoms with Crippen LogP contribution >= 0.6 is 0 Å². The zero-order valence-corrected chi connectivity index (χ0v) is 10.7. The van der Waals surface area contributed by atoms with Crippen LogP contribution in [-0.4, -0.2) is 7.11 Å². The summed E-state index contributed by atoms with van der Waals surface area (Å²) in [6, 6.07) is 8.22. The molecule has 0 spiro atoms. The number of hydrogen-bond acceptors (Lipinski definition) is 1. The third-order valence-electron chi connectivity index (χ3n) is 1.67. The number of ether oxygens (including phenoxy) is 1. The monoisotopic (exact) mass is 208 g/mol. The molecule has 0 bridgehead atoms. The Morgan fingerprint density at radius 1 is 1.20 bits per heavy atom. The standard InChI is InChI=1S/C10H14O.C4H10/c1-3-5-9-6-4-7-10(8-9)11-2;1-4(2)3/h4,6-8H,3,5H2,1-2H3;4H,1-3H3. The first-order chi connectivity index (χ1) is 7.10. The largest absolute Gasteiger partial charge is 0.497 e. The van der Waals surface area contributed by atoms with Crippen LogP contribution in [0.5, 0.6) is 5.75 Å². The molecular formula is C14H24O. The first-order valence-electron chi connectivity index (χ1n) is 5.73. The molecule has 1 heteroatoms. The highest BCUT2D eigenvalue weighted by Gasteiger charge is 1.92. The summed E-state index contributed by atoms with van der Waals surface area (Å²) in [4.78, 5) is 0. The molecule has 0 amide bonds. The summed E-state index contributed by atoms with van der Waals surface area (Å²) in [5, 5.41) is 0.